The highest BCUT2D eigenvalue weighted by Gasteiger charge is 2.28. The number of carbonyl (C=O) groups is 1. The number of hydrogen-bond donors (Lipinski definition) is 1. The topological polar surface area (TPSA) is 29.1 Å². The summed E-state index contributed by atoms with van der Waals surface area (Å²) in [6, 6.07) is 19.7. The van der Waals surface area contributed by atoms with Gasteiger partial charge in [-0.15, -0.1) is 28.6 Å². The van der Waals surface area contributed by atoms with Gasteiger partial charge in [0.25, 0.3) is 0 Å². The third-order valence-electron chi connectivity index (χ3n) is 7.11. The van der Waals surface area contributed by atoms with Crippen LogP contribution in [0.25, 0.3) is 9.75 Å². The number of carbonyl (C=O) groups excluding carboxylic acids is 1. The molecule has 1 atom stereocenters. The van der Waals surface area contributed by atoms with Crippen molar-refractivity contribution in [2.75, 3.05) is 6.54 Å². The molecule has 4 rings (SSSR count). The third kappa shape index (κ3) is 7.17. The summed E-state index contributed by atoms with van der Waals surface area (Å²) in [5.41, 5.74) is 1.40. The zero-order valence-corrected chi connectivity index (χ0v) is 22.6. The smallest absolute Gasteiger partial charge is 0.175 e. The third-order valence-corrected chi connectivity index (χ3v) is 9.41. The van der Waals surface area contributed by atoms with Gasteiger partial charge in [0.1, 0.15) is 0 Å². The Labute approximate surface area is 219 Å². The van der Waals surface area contributed by atoms with Crippen LogP contribution in [0.4, 0.5) is 0 Å². The Morgan fingerprint density at radius 3 is 2.46 bits per heavy atom. The van der Waals surface area contributed by atoms with Gasteiger partial charge >= 0.3 is 0 Å². The Kier molecular flexibility index (Phi) is 9.77. The molecule has 1 aliphatic carbocycles. The largest absolute Gasteiger partial charge is 0.310 e. The van der Waals surface area contributed by atoms with Crippen LogP contribution in [0.3, 0.4) is 0 Å². The molecule has 184 valence electrons. The molecule has 2 aromatic heterocycles. The molecule has 1 aliphatic rings. The second kappa shape index (κ2) is 13.2. The molecule has 2 heterocycles. The van der Waals surface area contributed by atoms with E-state index in [0.717, 1.165) is 42.0 Å². The summed E-state index contributed by atoms with van der Waals surface area (Å²) in [4.78, 5) is 17.6. The fourth-order valence-electron chi connectivity index (χ4n) is 5.07. The lowest BCUT2D eigenvalue weighted by atomic mass is 9.79. The summed E-state index contributed by atoms with van der Waals surface area (Å²) in [6.45, 7) is 5.18. The number of benzene rings is 1. The van der Waals surface area contributed by atoms with Gasteiger partial charge in [0.15, 0.2) is 5.78 Å². The molecule has 0 bridgehead atoms. The molecule has 0 unspecified atom stereocenters. The van der Waals surface area contributed by atoms with Gasteiger partial charge in [0.05, 0.1) is 9.75 Å². The molecule has 0 amide bonds. The fraction of sp³-hybridized carbons (Fsp3) is 0.452. The monoisotopic (exact) mass is 503 g/mol. The van der Waals surface area contributed by atoms with Crippen molar-refractivity contribution in [3.05, 3.63) is 69.9 Å². The van der Waals surface area contributed by atoms with Gasteiger partial charge in [-0.25, -0.2) is 0 Å². The Bertz CT molecular complexity index is 1130. The zero-order chi connectivity index (χ0) is 24.5. The summed E-state index contributed by atoms with van der Waals surface area (Å²) in [5, 5.41) is 3.88. The number of thiophene rings is 2. The van der Waals surface area contributed by atoms with E-state index in [1.165, 1.54) is 41.0 Å². The number of Topliss-reactive ketones (excluding diaryl/α,β-unsaturated/α-hetero) is 1. The Hall–Kier alpha value is -2.19. The van der Waals surface area contributed by atoms with Crippen molar-refractivity contribution in [2.24, 2.45) is 11.8 Å². The predicted molar refractivity (Wildman–Crippen MR) is 151 cm³/mol. The van der Waals surface area contributed by atoms with Crippen molar-refractivity contribution >= 4 is 28.5 Å². The molecule has 1 saturated carbocycles. The predicted octanol–water partition coefficient (Wildman–Crippen LogP) is 8.75. The molecule has 4 heteroatoms. The van der Waals surface area contributed by atoms with Gasteiger partial charge in [-0.2, -0.15) is 0 Å². The van der Waals surface area contributed by atoms with Crippen molar-refractivity contribution in [1.29, 1.82) is 0 Å². The van der Waals surface area contributed by atoms with E-state index in [4.69, 9.17) is 0 Å². The Morgan fingerprint density at radius 1 is 0.971 bits per heavy atom. The number of hydrogen-bond acceptors (Lipinski definition) is 4. The van der Waals surface area contributed by atoms with Crippen molar-refractivity contribution in [1.82, 2.24) is 5.32 Å². The molecule has 0 saturated heterocycles. The van der Waals surface area contributed by atoms with E-state index in [2.05, 4.69) is 72.6 Å². The Morgan fingerprint density at radius 2 is 1.71 bits per heavy atom. The molecule has 0 spiro atoms. The second-order valence-corrected chi connectivity index (χ2v) is 11.8. The minimum atomic E-state index is 0.178. The normalized spacial score (nSPS) is 18.6. The van der Waals surface area contributed by atoms with Gasteiger partial charge in [-0.1, -0.05) is 62.4 Å². The van der Waals surface area contributed by atoms with Crippen molar-refractivity contribution in [3.8, 4) is 21.6 Å². The summed E-state index contributed by atoms with van der Waals surface area (Å²) in [7, 11) is 0. The lowest BCUT2D eigenvalue weighted by Crippen LogP contribution is -2.31. The molecule has 1 fully saturated rings. The van der Waals surface area contributed by atoms with E-state index >= 15 is 0 Å². The SMILES string of the molecule is CC#Cc1ccc(-c2ccc(C(=O)C3CCC(CN[C@@H](CCCCC)c4ccccc4)CC3)s2)s1. The molecule has 1 N–H and O–H groups in total. The molecule has 3 aromatic rings. The first kappa shape index (κ1) is 25.9. The van der Waals surface area contributed by atoms with Gasteiger partial charge in [0.2, 0.25) is 0 Å². The zero-order valence-electron chi connectivity index (χ0n) is 21.0. The number of rotatable bonds is 11. The Balaban J connectivity index is 1.28. The number of ketones is 1. The van der Waals surface area contributed by atoms with Gasteiger partial charge in [-0.3, -0.25) is 4.79 Å². The average Bonchev–Trinajstić information content (AvgIpc) is 3.57. The van der Waals surface area contributed by atoms with Crippen LogP contribution >= 0.6 is 22.7 Å². The van der Waals surface area contributed by atoms with Crippen LogP contribution in [0.2, 0.25) is 0 Å². The molecule has 2 nitrogen and oxygen atoms in total. The minimum Gasteiger partial charge on any atom is -0.310 e. The van der Waals surface area contributed by atoms with Crippen LogP contribution in [-0.2, 0) is 0 Å². The summed E-state index contributed by atoms with van der Waals surface area (Å²) in [6.07, 6.45) is 9.33. The average molecular weight is 504 g/mol. The molecule has 0 radical (unpaired) electrons. The van der Waals surface area contributed by atoms with E-state index in [9.17, 15) is 4.79 Å². The van der Waals surface area contributed by atoms with E-state index in [0.29, 0.717) is 17.7 Å². The van der Waals surface area contributed by atoms with E-state index in [1.807, 2.05) is 13.0 Å². The van der Waals surface area contributed by atoms with Crippen LogP contribution < -0.4 is 5.32 Å². The van der Waals surface area contributed by atoms with Gasteiger partial charge in [-0.05, 0) is 81.3 Å². The van der Waals surface area contributed by atoms with Crippen LogP contribution in [0.1, 0.15) is 91.4 Å². The van der Waals surface area contributed by atoms with Crippen molar-refractivity contribution < 1.29 is 4.79 Å². The maximum Gasteiger partial charge on any atom is 0.175 e. The van der Waals surface area contributed by atoms with E-state index in [-0.39, 0.29) is 5.92 Å². The van der Waals surface area contributed by atoms with Crippen LogP contribution in [0.5, 0.6) is 0 Å². The summed E-state index contributed by atoms with van der Waals surface area (Å²) in [5.74, 6) is 7.27. The maximum absolute atomic E-state index is 13.2. The molecule has 1 aromatic carbocycles. The first-order valence-electron chi connectivity index (χ1n) is 13.1. The fourth-order valence-corrected chi connectivity index (χ4v) is 7.10. The second-order valence-electron chi connectivity index (χ2n) is 9.65. The first-order chi connectivity index (χ1) is 17.2. The molecular formula is C31H37NOS2. The minimum absolute atomic E-state index is 0.178. The number of unbranched alkanes of at least 4 members (excludes halogenated alkanes) is 2. The van der Waals surface area contributed by atoms with E-state index in [1.54, 1.807) is 22.7 Å². The van der Waals surface area contributed by atoms with E-state index < -0.39 is 0 Å². The number of nitrogens with one attached hydrogen (secondary N) is 1. The van der Waals surface area contributed by atoms with Gasteiger partial charge < -0.3 is 5.32 Å². The molecule has 0 aliphatic heterocycles. The van der Waals surface area contributed by atoms with Crippen LogP contribution in [-0.4, -0.2) is 12.3 Å². The highest BCUT2D eigenvalue weighted by Crippen LogP contribution is 2.37. The lowest BCUT2D eigenvalue weighted by molar-refractivity contribution is 0.0875. The maximum atomic E-state index is 13.2. The summed E-state index contributed by atoms with van der Waals surface area (Å²) >= 11 is 3.34. The molecular weight excluding hydrogens is 466 g/mol. The van der Waals surface area contributed by atoms with Crippen LogP contribution in [0.15, 0.2) is 54.6 Å². The van der Waals surface area contributed by atoms with Gasteiger partial charge in [0, 0.05) is 21.7 Å². The van der Waals surface area contributed by atoms with Crippen molar-refractivity contribution in [2.45, 2.75) is 71.3 Å². The van der Waals surface area contributed by atoms with Crippen molar-refractivity contribution in [3.63, 3.8) is 0 Å². The highest BCUT2D eigenvalue weighted by molar-refractivity contribution is 7.23. The molecule has 35 heavy (non-hydrogen) atoms. The standard InChI is InChI=1S/C31H37NOS2/c1-3-5-7-13-27(24-11-8-6-9-12-24)32-22-23-14-16-25(17-15-23)31(33)30-21-20-29(35-30)28-19-18-26(34-28)10-4-2/h6,8-9,11-12,18-21,23,25,27,32H,3,5,7,13-17,22H2,1-2H3/t23?,25?,27-/m0/s1. The first-order valence-corrected chi connectivity index (χ1v) is 14.8. The summed E-state index contributed by atoms with van der Waals surface area (Å²) < 4.78 is 0. The lowest BCUT2D eigenvalue weighted by Gasteiger charge is -2.29. The van der Waals surface area contributed by atoms with Crippen LogP contribution in [0, 0.1) is 23.7 Å². The quantitative estimate of drug-likeness (QED) is 0.161. The highest BCUT2D eigenvalue weighted by atomic mass is 32.1.